The zero-order chi connectivity index (χ0) is 21.8. The second kappa shape index (κ2) is 8.43. The van der Waals surface area contributed by atoms with Gasteiger partial charge in [0.15, 0.2) is 0 Å². The highest BCUT2D eigenvalue weighted by molar-refractivity contribution is 5.93. The number of hydrogen-bond acceptors (Lipinski definition) is 3. The molecule has 3 aromatic carbocycles. The van der Waals surface area contributed by atoms with Gasteiger partial charge in [-0.2, -0.15) is 18.3 Å². The fraction of sp³-hybridized carbons (Fsp3) is 0.0870. The van der Waals surface area contributed by atoms with E-state index in [0.29, 0.717) is 5.56 Å². The molecule has 1 aromatic heterocycles. The third kappa shape index (κ3) is 4.80. The van der Waals surface area contributed by atoms with Crippen molar-refractivity contribution in [3.8, 4) is 16.8 Å². The van der Waals surface area contributed by atoms with Gasteiger partial charge < -0.3 is 5.32 Å². The number of carbonyl (C=O) groups is 1. The molecule has 0 spiro atoms. The van der Waals surface area contributed by atoms with Crippen molar-refractivity contribution in [2.45, 2.75) is 12.6 Å². The van der Waals surface area contributed by atoms with E-state index < -0.39 is 17.6 Å². The first-order chi connectivity index (χ1) is 14.9. The summed E-state index contributed by atoms with van der Waals surface area (Å²) in [6, 6.07) is 20.7. The van der Waals surface area contributed by atoms with Crippen molar-refractivity contribution in [1.82, 2.24) is 14.8 Å². The highest BCUT2D eigenvalue weighted by Crippen LogP contribution is 2.36. The monoisotopic (exact) mass is 422 g/mol. The molecule has 8 heteroatoms. The number of amides is 1. The molecule has 0 saturated carbocycles. The number of halogens is 3. The molecule has 156 valence electrons. The summed E-state index contributed by atoms with van der Waals surface area (Å²) in [7, 11) is 0. The normalized spacial score (nSPS) is 11.3. The van der Waals surface area contributed by atoms with E-state index in [1.165, 1.54) is 29.5 Å². The number of hydrogen-bond donors (Lipinski definition) is 1. The van der Waals surface area contributed by atoms with E-state index >= 15 is 0 Å². The van der Waals surface area contributed by atoms with Crippen LogP contribution in [0.2, 0.25) is 0 Å². The van der Waals surface area contributed by atoms with Crippen molar-refractivity contribution >= 4 is 11.6 Å². The van der Waals surface area contributed by atoms with Crippen LogP contribution in [0.1, 0.15) is 11.1 Å². The molecule has 1 heterocycles. The van der Waals surface area contributed by atoms with Crippen LogP contribution in [-0.4, -0.2) is 20.7 Å². The van der Waals surface area contributed by atoms with Crippen LogP contribution in [0.15, 0.2) is 85.5 Å². The maximum Gasteiger partial charge on any atom is 0.418 e. The first-order valence-corrected chi connectivity index (χ1v) is 9.40. The Morgan fingerprint density at radius 2 is 1.65 bits per heavy atom. The van der Waals surface area contributed by atoms with Crippen LogP contribution in [0.4, 0.5) is 18.9 Å². The van der Waals surface area contributed by atoms with Crippen LogP contribution in [0.25, 0.3) is 16.8 Å². The molecule has 4 rings (SSSR count). The van der Waals surface area contributed by atoms with E-state index in [1.54, 1.807) is 12.1 Å². The fourth-order valence-electron chi connectivity index (χ4n) is 3.19. The van der Waals surface area contributed by atoms with Crippen LogP contribution >= 0.6 is 0 Å². The van der Waals surface area contributed by atoms with Gasteiger partial charge in [0.2, 0.25) is 5.91 Å². The molecule has 0 aliphatic heterocycles. The number of benzene rings is 3. The maximum absolute atomic E-state index is 13.6. The predicted molar refractivity (Wildman–Crippen MR) is 111 cm³/mol. The Balaban J connectivity index is 1.50. The molecule has 0 radical (unpaired) electrons. The molecule has 0 bridgehead atoms. The average molecular weight is 422 g/mol. The molecule has 31 heavy (non-hydrogen) atoms. The molecule has 0 atom stereocenters. The number of nitrogens with zero attached hydrogens (tertiary/aromatic N) is 3. The molecular formula is C23H17F3N4O. The fourth-order valence-corrected chi connectivity index (χ4v) is 3.19. The highest BCUT2D eigenvalue weighted by Gasteiger charge is 2.34. The number of anilines is 1. The summed E-state index contributed by atoms with van der Waals surface area (Å²) in [6.45, 7) is 0. The molecular weight excluding hydrogens is 405 g/mol. The van der Waals surface area contributed by atoms with Gasteiger partial charge in [-0.05, 0) is 34.9 Å². The Kier molecular flexibility index (Phi) is 5.53. The van der Waals surface area contributed by atoms with Crippen molar-refractivity contribution in [3.63, 3.8) is 0 Å². The van der Waals surface area contributed by atoms with Gasteiger partial charge >= 0.3 is 6.18 Å². The van der Waals surface area contributed by atoms with Crippen molar-refractivity contribution < 1.29 is 18.0 Å². The molecule has 0 aliphatic carbocycles. The van der Waals surface area contributed by atoms with Gasteiger partial charge in [0.25, 0.3) is 0 Å². The predicted octanol–water partition coefficient (Wildman–Crippen LogP) is 5.13. The Bertz CT molecular complexity index is 1170. The summed E-state index contributed by atoms with van der Waals surface area (Å²) in [4.78, 5) is 16.2. The summed E-state index contributed by atoms with van der Waals surface area (Å²) in [5.74, 6) is -0.536. The minimum absolute atomic E-state index is 0.0445. The third-order valence-electron chi connectivity index (χ3n) is 4.69. The van der Waals surface area contributed by atoms with Crippen LogP contribution in [0, 0.1) is 0 Å². The maximum atomic E-state index is 13.6. The first-order valence-electron chi connectivity index (χ1n) is 9.40. The van der Waals surface area contributed by atoms with Crippen LogP contribution in [0.3, 0.4) is 0 Å². The Morgan fingerprint density at radius 1 is 0.935 bits per heavy atom. The number of carbonyl (C=O) groups excluding carboxylic acids is 1. The van der Waals surface area contributed by atoms with E-state index in [0.717, 1.165) is 17.2 Å². The molecule has 1 N–H and O–H groups in total. The molecule has 5 nitrogen and oxygen atoms in total. The van der Waals surface area contributed by atoms with E-state index in [1.807, 2.05) is 42.5 Å². The van der Waals surface area contributed by atoms with Gasteiger partial charge in [-0.3, -0.25) is 4.79 Å². The smallest absolute Gasteiger partial charge is 0.325 e. The molecule has 0 unspecified atom stereocenters. The Labute approximate surface area is 176 Å². The van der Waals surface area contributed by atoms with Crippen molar-refractivity contribution in [3.05, 3.63) is 96.6 Å². The quantitative estimate of drug-likeness (QED) is 0.485. The van der Waals surface area contributed by atoms with Crippen LogP contribution in [0.5, 0.6) is 0 Å². The number of rotatable bonds is 5. The summed E-state index contributed by atoms with van der Waals surface area (Å²) in [5, 5.41) is 6.22. The minimum Gasteiger partial charge on any atom is -0.325 e. The van der Waals surface area contributed by atoms with E-state index in [4.69, 9.17) is 0 Å². The Hall–Kier alpha value is -3.94. The molecule has 4 aromatic rings. The first kappa shape index (κ1) is 20.3. The van der Waals surface area contributed by atoms with Gasteiger partial charge in [0.05, 0.1) is 23.4 Å². The van der Waals surface area contributed by atoms with Gasteiger partial charge in [-0.25, -0.2) is 9.67 Å². The van der Waals surface area contributed by atoms with E-state index in [-0.39, 0.29) is 17.8 Å². The lowest BCUT2D eigenvalue weighted by Crippen LogP contribution is -2.18. The Morgan fingerprint density at radius 3 is 2.29 bits per heavy atom. The number of alkyl halides is 3. The van der Waals surface area contributed by atoms with Crippen molar-refractivity contribution in [2.24, 2.45) is 0 Å². The second-order valence-electron chi connectivity index (χ2n) is 6.86. The topological polar surface area (TPSA) is 59.8 Å². The summed E-state index contributed by atoms with van der Waals surface area (Å²) in [6.07, 6.45) is -2.16. The lowest BCUT2D eigenvalue weighted by Gasteiger charge is -2.15. The molecule has 0 fully saturated rings. The van der Waals surface area contributed by atoms with Gasteiger partial charge in [-0.1, -0.05) is 54.6 Å². The van der Waals surface area contributed by atoms with Gasteiger partial charge in [0.1, 0.15) is 12.7 Å². The zero-order valence-corrected chi connectivity index (χ0v) is 16.2. The second-order valence-corrected chi connectivity index (χ2v) is 6.86. The van der Waals surface area contributed by atoms with Gasteiger partial charge in [-0.15, -0.1) is 0 Å². The molecule has 0 aliphatic rings. The van der Waals surface area contributed by atoms with Crippen molar-refractivity contribution in [1.29, 1.82) is 0 Å². The van der Waals surface area contributed by atoms with Gasteiger partial charge in [0, 0.05) is 0 Å². The highest BCUT2D eigenvalue weighted by atomic mass is 19.4. The van der Waals surface area contributed by atoms with Crippen LogP contribution in [-0.2, 0) is 17.4 Å². The molecule has 0 saturated heterocycles. The summed E-state index contributed by atoms with van der Waals surface area (Å²) >= 11 is 0. The number of nitrogens with one attached hydrogen (secondary N) is 1. The average Bonchev–Trinajstić information content (AvgIpc) is 3.29. The van der Waals surface area contributed by atoms with E-state index in [2.05, 4.69) is 15.4 Å². The number of aromatic nitrogens is 3. The summed E-state index contributed by atoms with van der Waals surface area (Å²) in [5.41, 5.74) is 1.67. The van der Waals surface area contributed by atoms with E-state index in [9.17, 15) is 18.0 Å². The minimum atomic E-state index is -4.64. The molecule has 1 amide bonds. The largest absolute Gasteiger partial charge is 0.418 e. The van der Waals surface area contributed by atoms with Crippen molar-refractivity contribution in [2.75, 3.05) is 5.32 Å². The third-order valence-corrected chi connectivity index (χ3v) is 4.69. The summed E-state index contributed by atoms with van der Waals surface area (Å²) < 4.78 is 41.9. The lowest BCUT2D eigenvalue weighted by molar-refractivity contribution is -0.137. The van der Waals surface area contributed by atoms with Crippen LogP contribution < -0.4 is 5.32 Å². The standard InChI is InChI=1S/C23H17F3N4O/c24-23(25,26)20-13-19(30-15-27-14-28-30)10-11-21(20)29-22(31)12-16-6-8-18(9-7-16)17-4-2-1-3-5-17/h1-11,13-15H,12H2,(H,29,31). The lowest BCUT2D eigenvalue weighted by atomic mass is 10.0. The SMILES string of the molecule is O=C(Cc1ccc(-c2ccccc2)cc1)Nc1ccc(-n2cncn2)cc1C(F)(F)F. The zero-order valence-electron chi connectivity index (χ0n) is 16.2.